The molecule has 3 nitrogen and oxygen atoms in total. The second kappa shape index (κ2) is 2.87. The van der Waals surface area contributed by atoms with Gasteiger partial charge in [-0.25, -0.2) is 0 Å². The lowest BCUT2D eigenvalue weighted by molar-refractivity contribution is -0.0287. The average molecular weight is 170 g/mol. The topological polar surface area (TPSA) is 27.1 Å². The van der Waals surface area contributed by atoms with E-state index in [0.29, 0.717) is 6.04 Å². The Kier molecular flexibility index (Phi) is 1.87. The van der Waals surface area contributed by atoms with Gasteiger partial charge in [-0.15, -0.1) is 11.8 Å². The van der Waals surface area contributed by atoms with Crippen molar-refractivity contribution in [2.45, 2.75) is 10.9 Å². The van der Waals surface area contributed by atoms with Crippen LogP contribution in [-0.4, -0.2) is 29.3 Å². The lowest BCUT2D eigenvalue weighted by Gasteiger charge is -2.25. The molecule has 0 N–H and O–H groups in total. The van der Waals surface area contributed by atoms with E-state index in [-0.39, 0.29) is 0 Å². The van der Waals surface area contributed by atoms with E-state index in [0.717, 1.165) is 13.2 Å². The zero-order valence-corrected chi connectivity index (χ0v) is 7.17. The Bertz CT molecular complexity index is 244. The van der Waals surface area contributed by atoms with Crippen molar-refractivity contribution < 1.29 is 4.74 Å². The summed E-state index contributed by atoms with van der Waals surface area (Å²) in [5, 5.41) is 4.22. The van der Waals surface area contributed by atoms with Crippen LogP contribution in [0.15, 0.2) is 17.3 Å². The Hall–Kier alpha value is -0.480. The number of rotatable bonds is 2. The van der Waals surface area contributed by atoms with Gasteiger partial charge in [-0.1, -0.05) is 0 Å². The molecule has 0 bridgehead atoms. The lowest BCUT2D eigenvalue weighted by atomic mass is 10.3. The quantitative estimate of drug-likeness (QED) is 0.623. The first kappa shape index (κ1) is 7.18. The van der Waals surface area contributed by atoms with Gasteiger partial charge in [0, 0.05) is 11.1 Å². The molecule has 60 valence electrons. The average Bonchev–Trinajstić information content (AvgIpc) is 2.32. The minimum absolute atomic E-state index is 0.482. The van der Waals surface area contributed by atoms with Crippen LogP contribution in [0, 0.1) is 0 Å². The number of aromatic nitrogens is 2. The maximum atomic E-state index is 5.06. The Morgan fingerprint density at radius 3 is 3.00 bits per heavy atom. The second-order valence-electron chi connectivity index (χ2n) is 2.55. The maximum Gasteiger partial charge on any atom is 0.0985 e. The van der Waals surface area contributed by atoms with Crippen LogP contribution in [0.25, 0.3) is 0 Å². The monoisotopic (exact) mass is 170 g/mol. The van der Waals surface area contributed by atoms with Crippen molar-refractivity contribution in [1.29, 1.82) is 0 Å². The Labute approximate surface area is 69.7 Å². The fourth-order valence-corrected chi connectivity index (χ4v) is 1.37. The lowest BCUT2D eigenvalue weighted by Crippen LogP contribution is -2.30. The van der Waals surface area contributed by atoms with Crippen molar-refractivity contribution >= 4 is 11.8 Å². The molecule has 4 heteroatoms. The van der Waals surface area contributed by atoms with E-state index in [1.807, 2.05) is 10.9 Å². The first-order chi connectivity index (χ1) is 5.40. The molecule has 1 aliphatic heterocycles. The predicted molar refractivity (Wildman–Crippen MR) is 43.9 cm³/mol. The molecule has 1 aliphatic rings. The van der Waals surface area contributed by atoms with Gasteiger partial charge >= 0.3 is 0 Å². The molecule has 0 aliphatic carbocycles. The summed E-state index contributed by atoms with van der Waals surface area (Å²) in [4.78, 5) is 1.22. The van der Waals surface area contributed by atoms with Gasteiger partial charge in [0.2, 0.25) is 0 Å². The molecular formula is C7H10N2OS. The van der Waals surface area contributed by atoms with Gasteiger partial charge in [0.15, 0.2) is 0 Å². The molecule has 1 fully saturated rings. The molecule has 0 spiro atoms. The summed E-state index contributed by atoms with van der Waals surface area (Å²) >= 11 is 1.72. The highest BCUT2D eigenvalue weighted by Crippen LogP contribution is 2.19. The summed E-state index contributed by atoms with van der Waals surface area (Å²) in [6.45, 7) is 1.63. The molecule has 1 aromatic heterocycles. The van der Waals surface area contributed by atoms with Gasteiger partial charge in [-0.3, -0.25) is 4.68 Å². The van der Waals surface area contributed by atoms with E-state index < -0.39 is 0 Å². The molecule has 0 radical (unpaired) electrons. The van der Waals surface area contributed by atoms with Gasteiger partial charge in [-0.2, -0.15) is 5.10 Å². The van der Waals surface area contributed by atoms with Crippen molar-refractivity contribution in [3.63, 3.8) is 0 Å². The van der Waals surface area contributed by atoms with E-state index in [2.05, 4.69) is 17.6 Å². The smallest absolute Gasteiger partial charge is 0.0985 e. The third-order valence-electron chi connectivity index (χ3n) is 1.81. The van der Waals surface area contributed by atoms with E-state index in [1.54, 1.807) is 11.8 Å². The van der Waals surface area contributed by atoms with Crippen molar-refractivity contribution in [1.82, 2.24) is 9.78 Å². The van der Waals surface area contributed by atoms with E-state index >= 15 is 0 Å². The number of hydrogen-bond acceptors (Lipinski definition) is 3. The van der Waals surface area contributed by atoms with Crippen molar-refractivity contribution in [2.75, 3.05) is 19.5 Å². The minimum Gasteiger partial charge on any atom is -0.377 e. The number of thioether (sulfide) groups is 1. The number of hydrogen-bond donors (Lipinski definition) is 0. The highest BCUT2D eigenvalue weighted by atomic mass is 32.2. The molecule has 0 aromatic carbocycles. The van der Waals surface area contributed by atoms with Gasteiger partial charge in [0.05, 0.1) is 25.5 Å². The molecule has 2 rings (SSSR count). The Morgan fingerprint density at radius 1 is 1.73 bits per heavy atom. The van der Waals surface area contributed by atoms with Gasteiger partial charge < -0.3 is 4.74 Å². The summed E-state index contributed by atoms with van der Waals surface area (Å²) in [7, 11) is 0. The summed E-state index contributed by atoms with van der Waals surface area (Å²) in [6, 6.07) is 0.482. The predicted octanol–water partition coefficient (Wildman–Crippen LogP) is 1.18. The van der Waals surface area contributed by atoms with E-state index in [9.17, 15) is 0 Å². The highest BCUT2D eigenvalue weighted by molar-refractivity contribution is 7.98. The van der Waals surface area contributed by atoms with Crippen LogP contribution in [0.3, 0.4) is 0 Å². The SMILES string of the molecule is CSc1cnn(C2COC2)c1. The van der Waals surface area contributed by atoms with Gasteiger partial charge in [0.1, 0.15) is 0 Å². The maximum absolute atomic E-state index is 5.06. The number of ether oxygens (including phenoxy) is 1. The molecule has 0 saturated carbocycles. The summed E-state index contributed by atoms with van der Waals surface area (Å²) < 4.78 is 7.05. The fourth-order valence-electron chi connectivity index (χ4n) is 1.00. The van der Waals surface area contributed by atoms with Crippen LogP contribution >= 0.6 is 11.8 Å². The third-order valence-corrected chi connectivity index (χ3v) is 2.49. The molecule has 0 atom stereocenters. The molecule has 0 amide bonds. The largest absolute Gasteiger partial charge is 0.377 e. The highest BCUT2D eigenvalue weighted by Gasteiger charge is 2.20. The molecular weight excluding hydrogens is 160 g/mol. The first-order valence-electron chi connectivity index (χ1n) is 3.56. The standard InChI is InChI=1S/C7H10N2OS/c1-11-7-2-8-9(3-7)6-4-10-5-6/h2-3,6H,4-5H2,1H3. The molecule has 11 heavy (non-hydrogen) atoms. The van der Waals surface area contributed by atoms with Crippen molar-refractivity contribution in [3.8, 4) is 0 Å². The van der Waals surface area contributed by atoms with Crippen LogP contribution in [0.5, 0.6) is 0 Å². The van der Waals surface area contributed by atoms with Crippen LogP contribution < -0.4 is 0 Å². The van der Waals surface area contributed by atoms with Gasteiger partial charge in [0.25, 0.3) is 0 Å². The molecule has 0 unspecified atom stereocenters. The van der Waals surface area contributed by atoms with E-state index in [1.165, 1.54) is 4.90 Å². The molecule has 1 aromatic rings. The molecule has 1 saturated heterocycles. The zero-order chi connectivity index (χ0) is 7.68. The summed E-state index contributed by atoms with van der Waals surface area (Å²) in [5.74, 6) is 0. The van der Waals surface area contributed by atoms with Crippen LogP contribution in [-0.2, 0) is 4.74 Å². The minimum atomic E-state index is 0.482. The second-order valence-corrected chi connectivity index (χ2v) is 3.43. The van der Waals surface area contributed by atoms with E-state index in [4.69, 9.17) is 4.74 Å². The fraction of sp³-hybridized carbons (Fsp3) is 0.571. The number of nitrogens with zero attached hydrogens (tertiary/aromatic N) is 2. The van der Waals surface area contributed by atoms with Crippen molar-refractivity contribution in [3.05, 3.63) is 12.4 Å². The Morgan fingerprint density at radius 2 is 2.55 bits per heavy atom. The van der Waals surface area contributed by atoms with Crippen LogP contribution in [0.1, 0.15) is 6.04 Å². The van der Waals surface area contributed by atoms with Gasteiger partial charge in [-0.05, 0) is 6.26 Å². The Balaban J connectivity index is 2.11. The zero-order valence-electron chi connectivity index (χ0n) is 6.36. The first-order valence-corrected chi connectivity index (χ1v) is 4.78. The summed E-state index contributed by atoms with van der Waals surface area (Å²) in [6.07, 6.45) is 6.01. The van der Waals surface area contributed by atoms with Crippen LogP contribution in [0.4, 0.5) is 0 Å². The van der Waals surface area contributed by atoms with Crippen molar-refractivity contribution in [2.24, 2.45) is 0 Å². The molecule has 2 heterocycles. The third kappa shape index (κ3) is 1.28. The summed E-state index contributed by atoms with van der Waals surface area (Å²) in [5.41, 5.74) is 0. The normalized spacial score (nSPS) is 18.3. The van der Waals surface area contributed by atoms with Crippen LogP contribution in [0.2, 0.25) is 0 Å².